The van der Waals surface area contributed by atoms with Gasteiger partial charge in [0.05, 0.1) is 5.75 Å². The monoisotopic (exact) mass is 408 g/mol. The summed E-state index contributed by atoms with van der Waals surface area (Å²) >= 11 is 0. The molecule has 0 spiro atoms. The van der Waals surface area contributed by atoms with Crippen molar-refractivity contribution in [2.24, 2.45) is 5.92 Å². The molecule has 1 aromatic rings. The van der Waals surface area contributed by atoms with Gasteiger partial charge in [0.25, 0.3) is 0 Å². The molecule has 1 aromatic heterocycles. The van der Waals surface area contributed by atoms with E-state index in [0.717, 1.165) is 70.6 Å². The smallest absolute Gasteiger partial charge is 0.211 e. The molecule has 3 rings (SSSR count). The van der Waals surface area contributed by atoms with E-state index in [4.69, 9.17) is 0 Å². The second-order valence-corrected chi connectivity index (χ2v) is 10.2. The lowest BCUT2D eigenvalue weighted by Gasteiger charge is -2.37. The molecule has 0 aromatic carbocycles. The summed E-state index contributed by atoms with van der Waals surface area (Å²) in [5.41, 5.74) is 1.27. The Bertz CT molecular complexity index is 667. The first-order chi connectivity index (χ1) is 13.6. The molecule has 0 bridgehead atoms. The largest absolute Gasteiger partial charge is 0.369 e. The van der Waals surface area contributed by atoms with Gasteiger partial charge in [0, 0.05) is 50.3 Å². The highest BCUT2D eigenvalue weighted by atomic mass is 32.2. The van der Waals surface area contributed by atoms with Gasteiger partial charge in [-0.3, -0.25) is 9.88 Å². The van der Waals surface area contributed by atoms with Crippen LogP contribution in [-0.2, 0) is 10.0 Å². The molecule has 1 aliphatic carbocycles. The first kappa shape index (κ1) is 21.5. The molecule has 2 aliphatic rings. The van der Waals surface area contributed by atoms with Gasteiger partial charge in [-0.05, 0) is 63.1 Å². The zero-order valence-corrected chi connectivity index (χ0v) is 18.0. The minimum atomic E-state index is -3.09. The Morgan fingerprint density at radius 1 is 1.07 bits per heavy atom. The van der Waals surface area contributed by atoms with Crippen molar-refractivity contribution < 1.29 is 8.42 Å². The van der Waals surface area contributed by atoms with Crippen molar-refractivity contribution in [1.82, 2.24) is 14.6 Å². The molecular formula is C21H36N4O2S. The maximum atomic E-state index is 12.1. The lowest BCUT2D eigenvalue weighted by atomic mass is 9.84. The van der Waals surface area contributed by atoms with Gasteiger partial charge in [0.1, 0.15) is 0 Å². The Morgan fingerprint density at radius 2 is 1.75 bits per heavy atom. The number of aromatic nitrogens is 1. The van der Waals surface area contributed by atoms with E-state index in [0.29, 0.717) is 0 Å². The fourth-order valence-corrected chi connectivity index (χ4v) is 5.90. The van der Waals surface area contributed by atoms with Gasteiger partial charge in [-0.15, -0.1) is 0 Å². The van der Waals surface area contributed by atoms with Gasteiger partial charge < -0.3 is 4.90 Å². The van der Waals surface area contributed by atoms with Crippen molar-refractivity contribution in [1.29, 1.82) is 0 Å². The van der Waals surface area contributed by atoms with Crippen LogP contribution in [0.25, 0.3) is 0 Å². The predicted octanol–water partition coefficient (Wildman–Crippen LogP) is 2.87. The van der Waals surface area contributed by atoms with E-state index in [9.17, 15) is 8.42 Å². The zero-order valence-electron chi connectivity index (χ0n) is 17.2. The van der Waals surface area contributed by atoms with Crippen molar-refractivity contribution in [3.05, 3.63) is 24.5 Å². The molecule has 0 amide bonds. The number of hydrogen-bond donors (Lipinski definition) is 1. The van der Waals surface area contributed by atoms with Crippen molar-refractivity contribution in [3.8, 4) is 0 Å². The average molecular weight is 409 g/mol. The number of unbranched alkanes of at least 4 members (excludes halogenated alkanes) is 1. The average Bonchev–Trinajstić information content (AvgIpc) is 2.73. The minimum Gasteiger partial charge on any atom is -0.369 e. The van der Waals surface area contributed by atoms with E-state index in [-0.39, 0.29) is 11.8 Å². The summed E-state index contributed by atoms with van der Waals surface area (Å²) in [5.74, 6) is 1.02. The first-order valence-electron chi connectivity index (χ1n) is 10.9. The molecule has 6 nitrogen and oxygen atoms in total. The third-order valence-corrected chi connectivity index (χ3v) is 7.73. The van der Waals surface area contributed by atoms with Crippen LogP contribution in [0.4, 0.5) is 5.69 Å². The Morgan fingerprint density at radius 3 is 2.39 bits per heavy atom. The number of anilines is 1. The molecule has 0 unspecified atom stereocenters. The molecule has 1 N–H and O–H groups in total. The van der Waals surface area contributed by atoms with Crippen LogP contribution in [0.3, 0.4) is 0 Å². The Hall–Kier alpha value is -1.18. The van der Waals surface area contributed by atoms with Crippen LogP contribution in [0.5, 0.6) is 0 Å². The molecular weight excluding hydrogens is 372 g/mol. The Balaban J connectivity index is 1.32. The van der Waals surface area contributed by atoms with Crippen molar-refractivity contribution in [3.63, 3.8) is 0 Å². The molecule has 1 saturated carbocycles. The maximum Gasteiger partial charge on any atom is 0.211 e. The van der Waals surface area contributed by atoms with Gasteiger partial charge in [0.15, 0.2) is 0 Å². The number of nitrogens with one attached hydrogen (secondary N) is 1. The molecule has 0 atom stereocenters. The second-order valence-electron chi connectivity index (χ2n) is 8.33. The van der Waals surface area contributed by atoms with Crippen molar-refractivity contribution in [2.75, 3.05) is 43.4 Å². The summed E-state index contributed by atoms with van der Waals surface area (Å²) < 4.78 is 27.1. The Labute approximate surface area is 170 Å². The first-order valence-corrected chi connectivity index (χ1v) is 12.6. The van der Waals surface area contributed by atoms with E-state index in [1.165, 1.54) is 18.7 Å². The summed E-state index contributed by atoms with van der Waals surface area (Å²) in [6.45, 7) is 7.60. The molecule has 2 heterocycles. The highest BCUT2D eigenvalue weighted by Crippen LogP contribution is 2.28. The fraction of sp³-hybridized carbons (Fsp3) is 0.762. The summed E-state index contributed by atoms with van der Waals surface area (Å²) in [4.78, 5) is 9.12. The molecule has 1 aliphatic heterocycles. The van der Waals surface area contributed by atoms with Crippen molar-refractivity contribution >= 4 is 15.7 Å². The maximum absolute atomic E-state index is 12.1. The highest BCUT2D eigenvalue weighted by molar-refractivity contribution is 7.89. The van der Waals surface area contributed by atoms with E-state index in [2.05, 4.69) is 31.6 Å². The van der Waals surface area contributed by atoms with Gasteiger partial charge in [-0.25, -0.2) is 13.1 Å². The van der Waals surface area contributed by atoms with E-state index in [1.54, 1.807) is 0 Å². The third kappa shape index (κ3) is 6.71. The van der Waals surface area contributed by atoms with Crippen LogP contribution >= 0.6 is 0 Å². The highest BCUT2D eigenvalue weighted by Gasteiger charge is 2.25. The molecule has 2 fully saturated rings. The van der Waals surface area contributed by atoms with Crippen LogP contribution in [0.2, 0.25) is 0 Å². The zero-order chi connectivity index (χ0) is 19.8. The van der Waals surface area contributed by atoms with Crippen LogP contribution in [0, 0.1) is 5.92 Å². The summed E-state index contributed by atoms with van der Waals surface area (Å²) in [7, 11) is -3.09. The lowest BCUT2D eigenvalue weighted by Crippen LogP contribution is -2.47. The topological polar surface area (TPSA) is 65.5 Å². The van der Waals surface area contributed by atoms with Crippen molar-refractivity contribution in [2.45, 2.75) is 57.9 Å². The number of hydrogen-bond acceptors (Lipinski definition) is 5. The Kier molecular flexibility index (Phi) is 8.11. The third-order valence-electron chi connectivity index (χ3n) is 6.21. The lowest BCUT2D eigenvalue weighted by molar-refractivity contribution is 0.214. The number of nitrogens with zero attached hydrogens (tertiary/aromatic N) is 3. The van der Waals surface area contributed by atoms with E-state index < -0.39 is 10.0 Å². The summed E-state index contributed by atoms with van der Waals surface area (Å²) in [5, 5.41) is 0. The fourth-order valence-electron chi connectivity index (χ4n) is 4.37. The minimum absolute atomic E-state index is 0.155. The van der Waals surface area contributed by atoms with Gasteiger partial charge in [-0.2, -0.15) is 0 Å². The van der Waals surface area contributed by atoms with E-state index in [1.807, 2.05) is 19.3 Å². The molecule has 28 heavy (non-hydrogen) atoms. The second kappa shape index (κ2) is 10.6. The van der Waals surface area contributed by atoms with Gasteiger partial charge in [0.2, 0.25) is 10.0 Å². The standard InChI is InChI=1S/C21H36N4O2S/c1-2-3-18-28(26,27)23-20-6-4-19(5-7-20)10-13-24-14-16-25(17-15-24)21-8-11-22-12-9-21/h8-9,11-12,19-20,23H,2-7,10,13-18H2,1H3. The SMILES string of the molecule is CCCCS(=O)(=O)NC1CCC(CCN2CCN(c3ccncc3)CC2)CC1. The van der Waals surface area contributed by atoms with Gasteiger partial charge >= 0.3 is 0 Å². The van der Waals surface area contributed by atoms with Crippen LogP contribution in [0.15, 0.2) is 24.5 Å². The summed E-state index contributed by atoms with van der Waals surface area (Å²) in [6, 6.07) is 4.33. The quantitative estimate of drug-likeness (QED) is 0.681. The molecule has 7 heteroatoms. The molecule has 0 radical (unpaired) electrons. The van der Waals surface area contributed by atoms with E-state index >= 15 is 0 Å². The number of sulfonamides is 1. The number of pyridine rings is 1. The van der Waals surface area contributed by atoms with Crippen LogP contribution in [-0.4, -0.2) is 62.8 Å². The number of piperazine rings is 1. The van der Waals surface area contributed by atoms with Gasteiger partial charge in [-0.1, -0.05) is 13.3 Å². The molecule has 158 valence electrons. The summed E-state index contributed by atoms with van der Waals surface area (Å²) in [6.07, 6.45) is 10.9. The molecule has 1 saturated heterocycles. The van der Waals surface area contributed by atoms with Crippen LogP contribution in [0.1, 0.15) is 51.9 Å². The number of rotatable bonds is 9. The van der Waals surface area contributed by atoms with Crippen LogP contribution < -0.4 is 9.62 Å². The predicted molar refractivity (Wildman–Crippen MR) is 115 cm³/mol. The normalized spacial score (nSPS) is 24.4.